The van der Waals surface area contributed by atoms with Crippen LogP contribution < -0.4 is 26.9 Å². The Bertz CT molecular complexity index is 1280. The zero-order valence-corrected chi connectivity index (χ0v) is 20.8. The molecule has 0 fully saturated rings. The van der Waals surface area contributed by atoms with Gasteiger partial charge < -0.3 is 10.5 Å². The number of carbonyl (C=O) groups excluding carboxylic acids is 2. The number of anilines is 3. The minimum absolute atomic E-state index is 0.00106. The molecule has 11 heteroatoms. The highest BCUT2D eigenvalue weighted by atomic mass is 16.5. The molecule has 2 heterocycles. The van der Waals surface area contributed by atoms with Gasteiger partial charge in [-0.3, -0.25) is 28.8 Å². The molecule has 35 heavy (non-hydrogen) atoms. The van der Waals surface area contributed by atoms with E-state index in [1.807, 2.05) is 45.9 Å². The Morgan fingerprint density at radius 3 is 2.60 bits per heavy atom. The fourth-order valence-electron chi connectivity index (χ4n) is 3.88. The predicted molar refractivity (Wildman–Crippen MR) is 135 cm³/mol. The number of hydrazone groups is 1. The molecule has 0 atom stereocenters. The van der Waals surface area contributed by atoms with E-state index in [4.69, 9.17) is 10.5 Å². The number of methoxy groups -OCH3 is 1. The van der Waals surface area contributed by atoms with E-state index in [2.05, 4.69) is 10.1 Å². The van der Waals surface area contributed by atoms with Crippen molar-refractivity contribution in [1.29, 1.82) is 0 Å². The molecule has 0 bridgehead atoms. The van der Waals surface area contributed by atoms with Gasteiger partial charge in [0.25, 0.3) is 11.5 Å². The minimum atomic E-state index is -0.782. The van der Waals surface area contributed by atoms with Gasteiger partial charge in [0.15, 0.2) is 5.69 Å². The molecule has 11 nitrogen and oxygen atoms in total. The van der Waals surface area contributed by atoms with Crippen molar-refractivity contribution in [3.8, 4) is 0 Å². The van der Waals surface area contributed by atoms with E-state index in [1.54, 1.807) is 0 Å². The molecule has 1 aromatic heterocycles. The molecule has 0 unspecified atom stereocenters. The average molecular weight is 485 g/mol. The summed E-state index contributed by atoms with van der Waals surface area (Å²) in [5.74, 6) is -0.870. The maximum Gasteiger partial charge on any atom is 0.330 e. The van der Waals surface area contributed by atoms with Crippen LogP contribution in [0.25, 0.3) is 0 Å². The van der Waals surface area contributed by atoms with E-state index >= 15 is 0 Å². The number of ether oxygens (including phenoxy) is 1. The van der Waals surface area contributed by atoms with Crippen LogP contribution in [0.4, 0.5) is 17.2 Å². The number of carbonyl (C=O) groups is 2. The molecule has 2 amide bonds. The lowest BCUT2D eigenvalue weighted by Crippen LogP contribution is -2.47. The molecule has 0 spiro atoms. The number of aromatic amines is 1. The third-order valence-corrected chi connectivity index (χ3v) is 5.67. The van der Waals surface area contributed by atoms with Crippen molar-refractivity contribution in [2.24, 2.45) is 11.0 Å². The van der Waals surface area contributed by atoms with E-state index in [1.165, 1.54) is 21.6 Å². The SMILES string of the molecule is COCCN(C(=O)C1=NN(c2cc(C)ccc2C)C(=O)CC1)c1c(N)n(CC(C)C)c(=O)[nH]c1=O. The molecular formula is C24H32N6O5. The molecule has 0 saturated heterocycles. The van der Waals surface area contributed by atoms with Crippen molar-refractivity contribution >= 4 is 34.7 Å². The molecule has 0 saturated carbocycles. The van der Waals surface area contributed by atoms with Gasteiger partial charge in [-0.25, -0.2) is 9.80 Å². The number of nitrogen functional groups attached to an aromatic ring is 1. The first-order valence-corrected chi connectivity index (χ1v) is 11.5. The molecule has 0 aliphatic carbocycles. The fraction of sp³-hybridized carbons (Fsp3) is 0.458. The molecule has 3 rings (SSSR count). The van der Waals surface area contributed by atoms with Crippen LogP contribution in [-0.2, 0) is 20.9 Å². The Morgan fingerprint density at radius 1 is 1.23 bits per heavy atom. The van der Waals surface area contributed by atoms with Gasteiger partial charge in [-0.05, 0) is 37.0 Å². The normalized spacial score (nSPS) is 13.8. The Balaban J connectivity index is 2.10. The topological polar surface area (TPSA) is 143 Å². The number of aromatic nitrogens is 2. The highest BCUT2D eigenvalue weighted by molar-refractivity contribution is 6.45. The van der Waals surface area contributed by atoms with E-state index in [-0.39, 0.29) is 61.6 Å². The van der Waals surface area contributed by atoms with E-state index in [9.17, 15) is 19.2 Å². The van der Waals surface area contributed by atoms with E-state index in [0.717, 1.165) is 11.1 Å². The Hall–Kier alpha value is -3.73. The number of aryl methyl sites for hydroxylation is 2. The van der Waals surface area contributed by atoms with Crippen molar-refractivity contribution in [3.63, 3.8) is 0 Å². The van der Waals surface area contributed by atoms with Crippen LogP contribution in [0.3, 0.4) is 0 Å². The lowest BCUT2D eigenvalue weighted by molar-refractivity contribution is -0.118. The first kappa shape index (κ1) is 25.9. The quantitative estimate of drug-likeness (QED) is 0.582. The van der Waals surface area contributed by atoms with Crippen LogP contribution in [-0.4, -0.2) is 47.3 Å². The number of nitrogens with zero attached hydrogens (tertiary/aromatic N) is 4. The number of nitrogens with one attached hydrogen (secondary N) is 1. The first-order chi connectivity index (χ1) is 16.5. The van der Waals surface area contributed by atoms with Gasteiger partial charge in [0.1, 0.15) is 11.5 Å². The van der Waals surface area contributed by atoms with Gasteiger partial charge in [0, 0.05) is 33.0 Å². The fourth-order valence-corrected chi connectivity index (χ4v) is 3.88. The number of hydrogen-bond donors (Lipinski definition) is 2. The van der Waals surface area contributed by atoms with Gasteiger partial charge in [-0.15, -0.1) is 0 Å². The largest absolute Gasteiger partial charge is 0.383 e. The lowest BCUT2D eigenvalue weighted by Gasteiger charge is -2.28. The van der Waals surface area contributed by atoms with Crippen molar-refractivity contribution in [2.75, 3.05) is 35.9 Å². The summed E-state index contributed by atoms with van der Waals surface area (Å²) in [5.41, 5.74) is 7.14. The number of rotatable bonds is 8. The zero-order valence-electron chi connectivity index (χ0n) is 20.8. The van der Waals surface area contributed by atoms with E-state index < -0.39 is 17.2 Å². The number of hydrogen-bond acceptors (Lipinski definition) is 7. The van der Waals surface area contributed by atoms with Crippen LogP contribution in [0.1, 0.15) is 37.8 Å². The second-order valence-corrected chi connectivity index (χ2v) is 8.99. The summed E-state index contributed by atoms with van der Waals surface area (Å²) in [7, 11) is 1.47. The number of benzene rings is 1. The Kier molecular flexibility index (Phi) is 7.90. The zero-order chi connectivity index (χ0) is 25.9. The van der Waals surface area contributed by atoms with Gasteiger partial charge in [-0.1, -0.05) is 26.0 Å². The maximum atomic E-state index is 13.7. The van der Waals surface area contributed by atoms with Crippen LogP contribution in [0.15, 0.2) is 32.9 Å². The Morgan fingerprint density at radius 2 is 1.94 bits per heavy atom. The Labute approximate surface area is 203 Å². The van der Waals surface area contributed by atoms with Gasteiger partial charge in [0.2, 0.25) is 5.91 Å². The summed E-state index contributed by atoms with van der Waals surface area (Å²) in [4.78, 5) is 55.0. The lowest BCUT2D eigenvalue weighted by atomic mass is 10.1. The third kappa shape index (κ3) is 5.51. The highest BCUT2D eigenvalue weighted by Crippen LogP contribution is 2.26. The predicted octanol–water partition coefficient (Wildman–Crippen LogP) is 1.55. The average Bonchev–Trinajstić information content (AvgIpc) is 2.80. The summed E-state index contributed by atoms with van der Waals surface area (Å²) >= 11 is 0. The number of H-pyrrole nitrogens is 1. The third-order valence-electron chi connectivity index (χ3n) is 5.67. The second-order valence-electron chi connectivity index (χ2n) is 8.99. The van der Waals surface area contributed by atoms with Crippen LogP contribution in [0.2, 0.25) is 0 Å². The monoisotopic (exact) mass is 484 g/mol. The number of nitrogens with two attached hydrogens (primary N) is 1. The molecule has 1 aliphatic heterocycles. The van der Waals surface area contributed by atoms with Crippen molar-refractivity contribution in [2.45, 2.75) is 47.1 Å². The minimum Gasteiger partial charge on any atom is -0.383 e. The summed E-state index contributed by atoms with van der Waals surface area (Å²) in [6.45, 7) is 7.94. The summed E-state index contributed by atoms with van der Waals surface area (Å²) < 4.78 is 6.39. The standard InChI is InChI=1S/C24H32N6O5/c1-14(2)13-29-21(25)20(22(32)26-24(29)34)28(10-11-35-5)23(33)17-8-9-19(31)30(27-17)18-12-15(3)6-7-16(18)4/h6-7,12,14H,8-11,13,25H2,1-5H3,(H,26,32,34). The molecule has 0 radical (unpaired) electrons. The smallest absolute Gasteiger partial charge is 0.330 e. The van der Waals surface area contributed by atoms with Crippen LogP contribution in [0, 0.1) is 19.8 Å². The molecule has 1 aliphatic rings. The summed E-state index contributed by atoms with van der Waals surface area (Å²) in [6, 6.07) is 5.64. The molecule has 3 N–H and O–H groups in total. The van der Waals surface area contributed by atoms with Crippen molar-refractivity contribution < 1.29 is 14.3 Å². The molecule has 1 aromatic carbocycles. The maximum absolute atomic E-state index is 13.7. The second kappa shape index (κ2) is 10.7. The van der Waals surface area contributed by atoms with Gasteiger partial charge >= 0.3 is 5.69 Å². The summed E-state index contributed by atoms with van der Waals surface area (Å²) in [6.07, 6.45) is 0.181. The first-order valence-electron chi connectivity index (χ1n) is 11.5. The molecule has 2 aromatic rings. The van der Waals surface area contributed by atoms with Crippen LogP contribution in [0.5, 0.6) is 0 Å². The van der Waals surface area contributed by atoms with Gasteiger partial charge in [-0.2, -0.15) is 5.10 Å². The summed E-state index contributed by atoms with van der Waals surface area (Å²) in [5, 5.41) is 5.62. The van der Waals surface area contributed by atoms with Crippen molar-refractivity contribution in [3.05, 3.63) is 50.2 Å². The molecule has 188 valence electrons. The van der Waals surface area contributed by atoms with Crippen molar-refractivity contribution in [1.82, 2.24) is 9.55 Å². The van der Waals surface area contributed by atoms with Gasteiger partial charge in [0.05, 0.1) is 12.3 Å². The number of amides is 2. The van der Waals surface area contributed by atoms with Crippen LogP contribution >= 0.6 is 0 Å². The molecular weight excluding hydrogens is 452 g/mol. The highest BCUT2D eigenvalue weighted by Gasteiger charge is 2.32. The van der Waals surface area contributed by atoms with E-state index in [0.29, 0.717) is 5.69 Å².